The third-order valence-electron chi connectivity index (χ3n) is 4.39. The van der Waals surface area contributed by atoms with Crippen LogP contribution in [0.25, 0.3) is 33.5 Å². The molecule has 1 nitrogen and oxygen atoms in total. The molecule has 0 spiro atoms. The highest BCUT2D eigenvalue weighted by atomic mass is 14.7. The molecule has 0 aliphatic carbocycles. The standard InChI is InChI=1S/C24H19N/c1-18-14-15-24(25-17-18)21-11-7-10-20(16-21)23-13-6-5-12-22(23)19-8-3-2-4-9-19/h2-17H,1H3. The summed E-state index contributed by atoms with van der Waals surface area (Å²) in [6, 6.07) is 31.9. The molecule has 0 unspecified atom stereocenters. The van der Waals surface area contributed by atoms with Crippen LogP contribution in [-0.4, -0.2) is 4.98 Å². The Bertz CT molecular complexity index is 986. The minimum absolute atomic E-state index is 1.00. The highest BCUT2D eigenvalue weighted by molar-refractivity contribution is 5.85. The van der Waals surface area contributed by atoms with E-state index in [2.05, 4.69) is 103 Å². The maximum atomic E-state index is 4.56. The number of benzene rings is 3. The van der Waals surface area contributed by atoms with Crippen LogP contribution < -0.4 is 0 Å². The van der Waals surface area contributed by atoms with Gasteiger partial charge in [-0.3, -0.25) is 4.98 Å². The minimum atomic E-state index is 1.00. The molecule has 0 saturated heterocycles. The van der Waals surface area contributed by atoms with Crippen LogP contribution in [0.3, 0.4) is 0 Å². The summed E-state index contributed by atoms with van der Waals surface area (Å²) < 4.78 is 0. The largest absolute Gasteiger partial charge is 0.256 e. The van der Waals surface area contributed by atoms with Crippen molar-refractivity contribution in [2.45, 2.75) is 6.92 Å². The summed E-state index contributed by atoms with van der Waals surface area (Å²) in [5, 5.41) is 0. The lowest BCUT2D eigenvalue weighted by molar-refractivity contribution is 1.27. The van der Waals surface area contributed by atoms with Crippen LogP contribution in [0.4, 0.5) is 0 Å². The van der Waals surface area contributed by atoms with Crippen molar-refractivity contribution >= 4 is 0 Å². The quantitative estimate of drug-likeness (QED) is 0.426. The van der Waals surface area contributed by atoms with E-state index in [0.29, 0.717) is 0 Å². The summed E-state index contributed by atoms with van der Waals surface area (Å²) in [5.41, 5.74) is 8.25. The second-order valence-corrected chi connectivity index (χ2v) is 6.21. The van der Waals surface area contributed by atoms with E-state index in [1.54, 1.807) is 0 Å². The number of aryl methyl sites for hydroxylation is 1. The average Bonchev–Trinajstić information content (AvgIpc) is 2.69. The summed E-state index contributed by atoms with van der Waals surface area (Å²) in [6.07, 6.45) is 1.92. The van der Waals surface area contributed by atoms with Crippen molar-refractivity contribution in [2.24, 2.45) is 0 Å². The van der Waals surface area contributed by atoms with Gasteiger partial charge in [0, 0.05) is 11.8 Å². The zero-order valence-corrected chi connectivity index (χ0v) is 14.2. The van der Waals surface area contributed by atoms with Crippen molar-refractivity contribution in [1.82, 2.24) is 4.98 Å². The first kappa shape index (κ1) is 15.3. The smallest absolute Gasteiger partial charge is 0.0702 e. The Morgan fingerprint density at radius 2 is 1.20 bits per heavy atom. The first-order valence-corrected chi connectivity index (χ1v) is 8.49. The molecule has 0 fully saturated rings. The fourth-order valence-electron chi connectivity index (χ4n) is 3.09. The van der Waals surface area contributed by atoms with Gasteiger partial charge in [0.2, 0.25) is 0 Å². The molecule has 0 saturated carbocycles. The Labute approximate surface area is 148 Å². The molecule has 3 aromatic carbocycles. The van der Waals surface area contributed by atoms with Crippen molar-refractivity contribution in [3.8, 4) is 33.5 Å². The highest BCUT2D eigenvalue weighted by Crippen LogP contribution is 2.33. The van der Waals surface area contributed by atoms with Crippen LogP contribution >= 0.6 is 0 Å². The van der Waals surface area contributed by atoms with E-state index in [4.69, 9.17) is 0 Å². The van der Waals surface area contributed by atoms with Crippen molar-refractivity contribution < 1.29 is 0 Å². The third-order valence-corrected chi connectivity index (χ3v) is 4.39. The lowest BCUT2D eigenvalue weighted by Crippen LogP contribution is -1.87. The predicted molar refractivity (Wildman–Crippen MR) is 105 cm³/mol. The topological polar surface area (TPSA) is 12.9 Å². The van der Waals surface area contributed by atoms with E-state index in [1.165, 1.54) is 27.8 Å². The molecule has 0 radical (unpaired) electrons. The van der Waals surface area contributed by atoms with Gasteiger partial charge in [-0.05, 0) is 46.9 Å². The van der Waals surface area contributed by atoms with Gasteiger partial charge in [0.15, 0.2) is 0 Å². The minimum Gasteiger partial charge on any atom is -0.256 e. The van der Waals surface area contributed by atoms with Gasteiger partial charge in [-0.1, -0.05) is 78.9 Å². The molecule has 0 aliphatic heterocycles. The van der Waals surface area contributed by atoms with E-state index in [-0.39, 0.29) is 0 Å². The van der Waals surface area contributed by atoms with Crippen LogP contribution in [0, 0.1) is 6.92 Å². The van der Waals surface area contributed by atoms with Crippen molar-refractivity contribution in [3.63, 3.8) is 0 Å². The predicted octanol–water partition coefficient (Wildman–Crippen LogP) is 6.39. The van der Waals surface area contributed by atoms with Gasteiger partial charge in [-0.15, -0.1) is 0 Å². The molecule has 0 bridgehead atoms. The maximum Gasteiger partial charge on any atom is 0.0702 e. The van der Waals surface area contributed by atoms with Gasteiger partial charge in [-0.2, -0.15) is 0 Å². The molecule has 1 heterocycles. The van der Waals surface area contributed by atoms with Crippen LogP contribution in [0.15, 0.2) is 97.2 Å². The Kier molecular flexibility index (Phi) is 4.14. The summed E-state index contributed by atoms with van der Waals surface area (Å²) in [4.78, 5) is 4.56. The zero-order valence-electron chi connectivity index (χ0n) is 14.2. The first-order chi connectivity index (χ1) is 12.3. The van der Waals surface area contributed by atoms with Crippen molar-refractivity contribution in [2.75, 3.05) is 0 Å². The van der Waals surface area contributed by atoms with E-state index >= 15 is 0 Å². The molecular formula is C24H19N. The van der Waals surface area contributed by atoms with E-state index < -0.39 is 0 Å². The molecule has 1 aromatic heterocycles. The summed E-state index contributed by atoms with van der Waals surface area (Å²) in [6.45, 7) is 2.06. The third kappa shape index (κ3) is 3.22. The fraction of sp³-hybridized carbons (Fsp3) is 0.0417. The number of aromatic nitrogens is 1. The van der Waals surface area contributed by atoms with Crippen molar-refractivity contribution in [1.29, 1.82) is 0 Å². The van der Waals surface area contributed by atoms with E-state index in [1.807, 2.05) is 6.20 Å². The zero-order chi connectivity index (χ0) is 17.1. The summed E-state index contributed by atoms with van der Waals surface area (Å²) in [5.74, 6) is 0. The summed E-state index contributed by atoms with van der Waals surface area (Å²) >= 11 is 0. The van der Waals surface area contributed by atoms with E-state index in [0.717, 1.165) is 11.3 Å². The van der Waals surface area contributed by atoms with E-state index in [9.17, 15) is 0 Å². The molecule has 0 amide bonds. The van der Waals surface area contributed by atoms with Gasteiger partial charge in [0.25, 0.3) is 0 Å². The van der Waals surface area contributed by atoms with Crippen LogP contribution in [0.1, 0.15) is 5.56 Å². The molecule has 4 aromatic rings. The van der Waals surface area contributed by atoms with Gasteiger partial charge in [0.05, 0.1) is 5.69 Å². The molecule has 0 aliphatic rings. The van der Waals surface area contributed by atoms with Gasteiger partial charge in [-0.25, -0.2) is 0 Å². The average molecular weight is 321 g/mol. The number of hydrogen-bond acceptors (Lipinski definition) is 1. The highest BCUT2D eigenvalue weighted by Gasteiger charge is 2.08. The number of nitrogens with zero attached hydrogens (tertiary/aromatic N) is 1. The van der Waals surface area contributed by atoms with Gasteiger partial charge < -0.3 is 0 Å². The molecule has 1 heteroatoms. The summed E-state index contributed by atoms with van der Waals surface area (Å²) in [7, 11) is 0. The number of pyridine rings is 1. The lowest BCUT2D eigenvalue weighted by Gasteiger charge is -2.11. The Hall–Kier alpha value is -3.19. The number of rotatable bonds is 3. The second-order valence-electron chi connectivity index (χ2n) is 6.21. The molecular weight excluding hydrogens is 302 g/mol. The molecule has 25 heavy (non-hydrogen) atoms. The van der Waals surface area contributed by atoms with Gasteiger partial charge in [0.1, 0.15) is 0 Å². The molecule has 120 valence electrons. The Morgan fingerprint density at radius 3 is 1.92 bits per heavy atom. The number of hydrogen-bond donors (Lipinski definition) is 0. The lowest BCUT2D eigenvalue weighted by atomic mass is 9.93. The fourth-order valence-corrected chi connectivity index (χ4v) is 3.09. The van der Waals surface area contributed by atoms with Crippen molar-refractivity contribution in [3.05, 3.63) is 103 Å². The SMILES string of the molecule is Cc1ccc(-c2cccc(-c3ccccc3-c3ccccc3)c2)nc1. The second kappa shape index (κ2) is 6.74. The van der Waals surface area contributed by atoms with Crippen LogP contribution in [-0.2, 0) is 0 Å². The van der Waals surface area contributed by atoms with Gasteiger partial charge >= 0.3 is 0 Å². The normalized spacial score (nSPS) is 10.6. The molecule has 0 N–H and O–H groups in total. The Balaban J connectivity index is 1.81. The Morgan fingerprint density at radius 1 is 0.560 bits per heavy atom. The van der Waals surface area contributed by atoms with Crippen LogP contribution in [0.5, 0.6) is 0 Å². The maximum absolute atomic E-state index is 4.56. The molecule has 4 rings (SSSR count). The molecule has 0 atom stereocenters. The first-order valence-electron chi connectivity index (χ1n) is 8.49. The monoisotopic (exact) mass is 321 g/mol. The van der Waals surface area contributed by atoms with Crippen LogP contribution in [0.2, 0.25) is 0 Å².